The van der Waals surface area contributed by atoms with E-state index in [0.717, 1.165) is 59.0 Å². The molecule has 0 saturated carbocycles. The molecule has 2 aliphatic heterocycles. The summed E-state index contributed by atoms with van der Waals surface area (Å²) in [4.78, 5) is 35.0. The number of carbonyl (C=O) groups is 2. The molecule has 208 valence electrons. The van der Waals surface area contributed by atoms with Gasteiger partial charge < -0.3 is 19.6 Å². The van der Waals surface area contributed by atoms with Gasteiger partial charge in [0.2, 0.25) is 0 Å². The molecule has 37 heavy (non-hydrogen) atoms. The second-order valence-corrected chi connectivity index (χ2v) is 13.0. The first-order chi connectivity index (χ1) is 17.2. The van der Waals surface area contributed by atoms with Crippen molar-refractivity contribution in [2.24, 2.45) is 0 Å². The zero-order chi connectivity index (χ0) is 28.0. The second-order valence-electron chi connectivity index (χ2n) is 11.3. The molecule has 6 nitrogen and oxygen atoms in total. The molecule has 0 N–H and O–H groups in total. The third kappa shape index (κ3) is 8.44. The molecule has 0 unspecified atom stereocenters. The number of likely N-dealkylation sites (N-methyl/N-ethyl adjacent to an activating group) is 2. The van der Waals surface area contributed by atoms with Crippen molar-refractivity contribution in [3.05, 3.63) is 0 Å². The summed E-state index contributed by atoms with van der Waals surface area (Å²) in [5.74, 6) is 0.450. The maximum atomic E-state index is 12.4. The molecule has 2 fully saturated rings. The number of carbonyl (C=O) groups excluding carboxylic acids is 2. The van der Waals surface area contributed by atoms with Gasteiger partial charge in [0, 0.05) is 49.9 Å². The van der Waals surface area contributed by atoms with E-state index in [1.54, 1.807) is 0 Å². The number of hydrogen-bond donors (Lipinski definition) is 0. The lowest BCUT2D eigenvalue weighted by Crippen LogP contribution is -2.47. The summed E-state index contributed by atoms with van der Waals surface area (Å²) in [6.07, 6.45) is 5.87. The van der Waals surface area contributed by atoms with E-state index in [-0.39, 0.29) is 22.6 Å². The molecule has 2 rings (SSSR count). The fourth-order valence-electron chi connectivity index (χ4n) is 5.18. The lowest BCUT2D eigenvalue weighted by Gasteiger charge is -2.37. The van der Waals surface area contributed by atoms with Crippen LogP contribution in [0.25, 0.3) is 0 Å². The third-order valence-electron chi connectivity index (χ3n) is 7.45. The first-order valence-electron chi connectivity index (χ1n) is 13.5. The topological polar surface area (TPSA) is 47.1 Å². The lowest BCUT2D eigenvalue weighted by atomic mass is 9.93. The minimum Gasteiger partial charge on any atom is -0.342 e. The number of hydrogen-bond acceptors (Lipinski definition) is 6. The van der Waals surface area contributed by atoms with Crippen LogP contribution in [-0.2, 0) is 9.59 Å². The smallest absolute Gasteiger partial charge is 0.177 e. The van der Waals surface area contributed by atoms with Crippen molar-refractivity contribution < 1.29 is 9.59 Å². The Labute approximate surface area is 245 Å². The molecule has 0 bridgehead atoms. The molecule has 2 saturated heterocycles. The maximum Gasteiger partial charge on any atom is 0.177 e. The van der Waals surface area contributed by atoms with Crippen LogP contribution in [0.2, 0.25) is 0 Å². The van der Waals surface area contributed by atoms with Crippen LogP contribution in [0.15, 0.2) is 0 Å². The Morgan fingerprint density at radius 3 is 1.27 bits per heavy atom. The van der Waals surface area contributed by atoms with E-state index < -0.39 is 0 Å². The predicted molar refractivity (Wildman–Crippen MR) is 168 cm³/mol. The normalized spacial score (nSPS) is 17.0. The van der Waals surface area contributed by atoms with Crippen LogP contribution >= 0.6 is 48.9 Å². The summed E-state index contributed by atoms with van der Waals surface area (Å²) in [6.45, 7) is 15.8. The van der Waals surface area contributed by atoms with Gasteiger partial charge in [0.1, 0.15) is 21.5 Å². The van der Waals surface area contributed by atoms with Crippen molar-refractivity contribution >= 4 is 80.6 Å². The second kappa shape index (κ2) is 13.8. The minimum atomic E-state index is -0.209. The van der Waals surface area contributed by atoms with Crippen molar-refractivity contribution in [2.75, 3.05) is 26.2 Å². The van der Waals surface area contributed by atoms with E-state index in [0.29, 0.717) is 45.2 Å². The summed E-state index contributed by atoms with van der Waals surface area (Å²) in [6, 6.07) is 0. The standard InChI is InChI=1S/C27H44N4O2S4/c1-7-28-18-22(34)30(24(28)36)26(3,4)16-10-14-20(32)12-9-13-21(33)15-11-17-27(5,6)31-23(35)19-29(8-2)25(31)37/h7-19H2,1-6H3. The molecule has 2 aliphatic rings. The van der Waals surface area contributed by atoms with E-state index in [2.05, 4.69) is 61.1 Å². The van der Waals surface area contributed by atoms with Crippen molar-refractivity contribution in [3.8, 4) is 0 Å². The number of ketones is 2. The molecular formula is C27H44N4O2S4. The Hall–Kier alpha value is -1.10. The van der Waals surface area contributed by atoms with Crippen LogP contribution < -0.4 is 0 Å². The van der Waals surface area contributed by atoms with Crippen LogP contribution in [0.5, 0.6) is 0 Å². The Morgan fingerprint density at radius 2 is 0.973 bits per heavy atom. The molecule has 10 heteroatoms. The molecule has 0 spiro atoms. The van der Waals surface area contributed by atoms with Crippen LogP contribution in [0, 0.1) is 0 Å². The molecule has 0 aliphatic carbocycles. The molecule has 0 radical (unpaired) electrons. The largest absolute Gasteiger partial charge is 0.342 e. The fourth-order valence-corrected chi connectivity index (χ4v) is 7.38. The van der Waals surface area contributed by atoms with Crippen LogP contribution in [0.4, 0.5) is 0 Å². The van der Waals surface area contributed by atoms with Gasteiger partial charge in [0.25, 0.3) is 0 Å². The molecule has 0 atom stereocenters. The highest BCUT2D eigenvalue weighted by Crippen LogP contribution is 2.29. The molecule has 0 aromatic heterocycles. The van der Waals surface area contributed by atoms with Gasteiger partial charge in [-0.25, -0.2) is 0 Å². The average molecular weight is 585 g/mol. The quantitative estimate of drug-likeness (QED) is 0.211. The summed E-state index contributed by atoms with van der Waals surface area (Å²) < 4.78 is 0. The summed E-state index contributed by atoms with van der Waals surface area (Å²) in [5, 5.41) is 1.58. The average Bonchev–Trinajstić information content (AvgIpc) is 3.27. The molecule has 0 aromatic rings. The zero-order valence-electron chi connectivity index (χ0n) is 23.4. The third-order valence-corrected chi connectivity index (χ3v) is 8.95. The first-order valence-corrected chi connectivity index (χ1v) is 15.2. The van der Waals surface area contributed by atoms with E-state index in [1.807, 2.05) is 0 Å². The van der Waals surface area contributed by atoms with Crippen molar-refractivity contribution in [3.63, 3.8) is 0 Å². The Morgan fingerprint density at radius 1 is 0.649 bits per heavy atom. The van der Waals surface area contributed by atoms with Gasteiger partial charge in [-0.2, -0.15) is 0 Å². The maximum absolute atomic E-state index is 12.4. The van der Waals surface area contributed by atoms with Gasteiger partial charge in [-0.3, -0.25) is 9.59 Å². The number of thiocarbonyl (C=S) groups is 4. The summed E-state index contributed by atoms with van der Waals surface area (Å²) >= 11 is 22.4. The zero-order valence-corrected chi connectivity index (χ0v) is 26.7. The van der Waals surface area contributed by atoms with E-state index in [1.165, 1.54) is 0 Å². The minimum absolute atomic E-state index is 0.209. The van der Waals surface area contributed by atoms with Gasteiger partial charge in [-0.1, -0.05) is 24.4 Å². The van der Waals surface area contributed by atoms with Gasteiger partial charge in [0.05, 0.1) is 13.1 Å². The van der Waals surface area contributed by atoms with Crippen LogP contribution in [0.3, 0.4) is 0 Å². The van der Waals surface area contributed by atoms with E-state index in [4.69, 9.17) is 48.9 Å². The van der Waals surface area contributed by atoms with Gasteiger partial charge in [-0.05, 0) is 98.1 Å². The number of rotatable bonds is 16. The summed E-state index contributed by atoms with van der Waals surface area (Å²) in [7, 11) is 0. The SMILES string of the molecule is CCN1CC(=S)N(C(C)(C)CCCC(=O)CCCC(=O)CCCC(C)(C)N2C(=S)CN(CC)C2=S)C1=S. The number of Topliss-reactive ketones (excluding diaryl/α,β-unsaturated/α-hetero) is 2. The van der Waals surface area contributed by atoms with Gasteiger partial charge >= 0.3 is 0 Å². The number of nitrogens with zero attached hydrogens (tertiary/aromatic N) is 4. The highest BCUT2D eigenvalue weighted by molar-refractivity contribution is 7.82. The molecule has 2 heterocycles. The molecular weight excluding hydrogens is 541 g/mol. The molecule has 0 amide bonds. The van der Waals surface area contributed by atoms with E-state index in [9.17, 15) is 9.59 Å². The van der Waals surface area contributed by atoms with E-state index >= 15 is 0 Å². The monoisotopic (exact) mass is 584 g/mol. The van der Waals surface area contributed by atoms with Crippen LogP contribution in [-0.4, -0.2) is 88.6 Å². The van der Waals surface area contributed by atoms with Crippen molar-refractivity contribution in [1.82, 2.24) is 19.6 Å². The van der Waals surface area contributed by atoms with Crippen LogP contribution in [0.1, 0.15) is 99.3 Å². The van der Waals surface area contributed by atoms with Gasteiger partial charge in [-0.15, -0.1) is 0 Å². The van der Waals surface area contributed by atoms with Crippen molar-refractivity contribution in [1.29, 1.82) is 0 Å². The Bertz CT molecular complexity index is 846. The first kappa shape index (κ1) is 32.1. The Balaban J connectivity index is 1.65. The molecule has 0 aromatic carbocycles. The highest BCUT2D eigenvalue weighted by atomic mass is 32.1. The predicted octanol–water partition coefficient (Wildman–Crippen LogP) is 5.69. The van der Waals surface area contributed by atoms with Crippen molar-refractivity contribution in [2.45, 2.75) is 110 Å². The highest BCUT2D eigenvalue weighted by Gasteiger charge is 2.39. The Kier molecular flexibility index (Phi) is 12.0. The lowest BCUT2D eigenvalue weighted by molar-refractivity contribution is -0.120. The van der Waals surface area contributed by atoms with Gasteiger partial charge in [0.15, 0.2) is 10.2 Å². The summed E-state index contributed by atoms with van der Waals surface area (Å²) in [5.41, 5.74) is -0.418. The fraction of sp³-hybridized carbons (Fsp3) is 0.778.